The van der Waals surface area contributed by atoms with E-state index in [-0.39, 0.29) is 33.5 Å². The summed E-state index contributed by atoms with van der Waals surface area (Å²) in [5, 5.41) is 6.91. The summed E-state index contributed by atoms with van der Waals surface area (Å²) in [7, 11) is 8.31. The van der Waals surface area contributed by atoms with Gasteiger partial charge in [-0.3, -0.25) is 35.8 Å². The van der Waals surface area contributed by atoms with Gasteiger partial charge in [0.2, 0.25) is 11.8 Å². The molecule has 2 N–H and O–H groups in total. The van der Waals surface area contributed by atoms with Crippen molar-refractivity contribution in [3.8, 4) is 0 Å². The molecule has 0 aromatic carbocycles. The molecule has 0 saturated heterocycles. The first-order chi connectivity index (χ1) is 19.2. The quantitative estimate of drug-likeness (QED) is 0.226. The Morgan fingerprint density at radius 1 is 0.927 bits per heavy atom. The van der Waals surface area contributed by atoms with Gasteiger partial charge in [0.15, 0.2) is 0 Å². The molecule has 0 bridgehead atoms. The van der Waals surface area contributed by atoms with Crippen molar-refractivity contribution in [3.63, 3.8) is 0 Å². The molecule has 0 spiro atoms. The van der Waals surface area contributed by atoms with E-state index < -0.39 is 0 Å². The van der Waals surface area contributed by atoms with Crippen molar-refractivity contribution in [1.82, 2.24) is 22.5 Å². The number of amides is 2. The third-order valence-electron chi connectivity index (χ3n) is 3.80. The first-order valence-corrected chi connectivity index (χ1v) is 22.7. The number of thiol groups is 1. The number of rotatable bonds is 5. The van der Waals surface area contributed by atoms with Crippen LogP contribution in [-0.4, -0.2) is 55.5 Å². The van der Waals surface area contributed by atoms with E-state index in [2.05, 4.69) is 60.5 Å². The van der Waals surface area contributed by atoms with E-state index in [1.807, 2.05) is 6.26 Å². The van der Waals surface area contributed by atoms with Crippen LogP contribution in [0.25, 0.3) is 0 Å². The fraction of sp³-hybridized carbons (Fsp3) is 0.476. The molecule has 0 aliphatic rings. The monoisotopic (exact) mass is 953 g/mol. The largest absolute Gasteiger partial charge is 0.359 e. The van der Waals surface area contributed by atoms with Crippen LogP contribution in [0, 0.1) is 0 Å². The Bertz CT molecular complexity index is 1290. The standard InChI is InChI=1S/C5H11NOS.C4H3Cl2NOS.C4H4ClNOS.C4H5NOS.C4H9NOS.I2/c1-6-5(7)3-4-8-2;1-7-4(8)2(5)3(6)9-7;1-6-4(7)2-3(5)8-6;1-5-4(6)2-3-7-5;1-5-4(6)2-3-7;1-2/h3-4H2,1-2H3,(H,6,7);1H3;2H,1H3;2-3H,1H3;7H,2-3H2,1H3,(H,5,6);. The second-order valence-electron chi connectivity index (χ2n) is 6.66. The van der Waals surface area contributed by atoms with Crippen molar-refractivity contribution < 1.29 is 9.59 Å². The lowest BCUT2D eigenvalue weighted by Gasteiger charge is -1.94. The van der Waals surface area contributed by atoms with Gasteiger partial charge in [0, 0.05) is 109 Å². The average Bonchev–Trinajstić information content (AvgIpc) is 3.55. The molecule has 41 heavy (non-hydrogen) atoms. The summed E-state index contributed by atoms with van der Waals surface area (Å²) in [5.41, 5.74) is -0.198. The zero-order valence-electron chi connectivity index (χ0n) is 22.9. The van der Waals surface area contributed by atoms with E-state index in [1.54, 1.807) is 62.4 Å². The van der Waals surface area contributed by atoms with Gasteiger partial charge in [0.1, 0.15) is 13.7 Å². The maximum atomic E-state index is 10.7. The second kappa shape index (κ2) is 29.0. The number of carbonyl (C=O) groups excluding carboxylic acids is 2. The highest BCUT2D eigenvalue weighted by Crippen LogP contribution is 2.21. The number of aromatic nitrogens is 3. The van der Waals surface area contributed by atoms with Gasteiger partial charge in [-0.2, -0.15) is 24.4 Å². The van der Waals surface area contributed by atoms with Crippen molar-refractivity contribution >= 4 is 143 Å². The molecule has 0 aliphatic heterocycles. The first kappa shape index (κ1) is 45.7. The molecule has 10 nitrogen and oxygen atoms in total. The van der Waals surface area contributed by atoms with E-state index in [0.29, 0.717) is 27.3 Å². The molecule has 236 valence electrons. The van der Waals surface area contributed by atoms with Gasteiger partial charge < -0.3 is 10.6 Å². The van der Waals surface area contributed by atoms with Gasteiger partial charge in [-0.1, -0.05) is 46.3 Å². The van der Waals surface area contributed by atoms with Crippen molar-refractivity contribution in [2.75, 3.05) is 31.9 Å². The van der Waals surface area contributed by atoms with Crippen LogP contribution in [0.2, 0.25) is 13.7 Å². The number of nitrogens with zero attached hydrogens (tertiary/aromatic N) is 3. The average molecular weight is 955 g/mol. The second-order valence-corrected chi connectivity index (χ2v) is 13.0. The number of nitrogens with one attached hydrogen (secondary N) is 2. The Morgan fingerprint density at radius 2 is 1.46 bits per heavy atom. The van der Waals surface area contributed by atoms with Crippen molar-refractivity contribution in [3.05, 3.63) is 62.3 Å². The third-order valence-corrected chi connectivity index (χ3v) is 8.22. The molecule has 20 heteroatoms. The summed E-state index contributed by atoms with van der Waals surface area (Å²) in [5.74, 6) is 1.72. The van der Waals surface area contributed by atoms with Crippen molar-refractivity contribution in [2.45, 2.75) is 12.8 Å². The minimum atomic E-state index is -0.230. The van der Waals surface area contributed by atoms with Crippen LogP contribution in [-0.2, 0) is 30.7 Å². The van der Waals surface area contributed by atoms with E-state index >= 15 is 0 Å². The number of hydrogen-bond acceptors (Lipinski definition) is 10. The molecule has 0 radical (unpaired) electrons. The SMILES string of the molecule is CNC(=O)CCS.CNC(=O)CCSC.Cn1sc(Cl)c(Cl)c1=O.Cn1sc(Cl)cc1=O.Cn1sccc1=O.II. The van der Waals surface area contributed by atoms with Crippen LogP contribution in [0.1, 0.15) is 12.8 Å². The molecular weight excluding hydrogens is 923 g/mol. The number of hydrogen-bond donors (Lipinski definition) is 3. The maximum Gasteiger partial charge on any atom is 0.280 e. The molecule has 3 aromatic heterocycles. The Kier molecular flexibility index (Phi) is 32.3. The summed E-state index contributed by atoms with van der Waals surface area (Å²) in [4.78, 5) is 52.4. The smallest absolute Gasteiger partial charge is 0.280 e. The van der Waals surface area contributed by atoms with Crippen LogP contribution < -0.4 is 27.3 Å². The highest BCUT2D eigenvalue weighted by molar-refractivity contribution is 15.0. The molecular formula is C21H32Cl3I2N5O5S5. The van der Waals surface area contributed by atoms with Crippen LogP contribution in [0.15, 0.2) is 31.9 Å². The van der Waals surface area contributed by atoms with Gasteiger partial charge in [-0.25, -0.2) is 0 Å². The highest BCUT2D eigenvalue weighted by Gasteiger charge is 2.06. The Balaban J connectivity index is -0.000000435. The lowest BCUT2D eigenvalue weighted by Crippen LogP contribution is -2.17. The topological polar surface area (TPSA) is 124 Å². The first-order valence-electron chi connectivity index (χ1n) is 10.9. The number of carbonyl (C=O) groups is 2. The van der Waals surface area contributed by atoms with Crippen LogP contribution >= 0.6 is 131 Å². The Hall–Kier alpha value is 0.260. The van der Waals surface area contributed by atoms with E-state index in [9.17, 15) is 24.0 Å². The molecule has 2 amide bonds. The number of halogens is 5. The summed E-state index contributed by atoms with van der Waals surface area (Å²) < 4.78 is 5.31. The fourth-order valence-corrected chi connectivity index (χ4v) is 5.03. The summed E-state index contributed by atoms with van der Waals surface area (Å²) in [6, 6.07) is 2.94. The summed E-state index contributed by atoms with van der Waals surface area (Å²) in [6.45, 7) is 0. The van der Waals surface area contributed by atoms with Gasteiger partial charge in [-0.15, -0.1) is 0 Å². The molecule has 3 rings (SSSR count). The molecule has 3 heterocycles. The summed E-state index contributed by atoms with van der Waals surface area (Å²) in [6.07, 6.45) is 3.14. The van der Waals surface area contributed by atoms with E-state index in [0.717, 1.165) is 17.3 Å². The Labute approximate surface area is 299 Å². The highest BCUT2D eigenvalue weighted by atomic mass is 128. The molecule has 0 aliphatic carbocycles. The normalized spacial score (nSPS) is 8.98. The molecule has 0 saturated carbocycles. The molecule has 0 unspecified atom stereocenters. The minimum Gasteiger partial charge on any atom is -0.359 e. The van der Waals surface area contributed by atoms with Crippen LogP contribution in [0.5, 0.6) is 0 Å². The summed E-state index contributed by atoms with van der Waals surface area (Å²) >= 11 is 30.0. The predicted octanol–water partition coefficient (Wildman–Crippen LogP) is 5.61. The third kappa shape index (κ3) is 24.3. The van der Waals surface area contributed by atoms with E-state index in [4.69, 9.17) is 34.8 Å². The van der Waals surface area contributed by atoms with Gasteiger partial charge in [0.25, 0.3) is 16.7 Å². The molecule has 0 fully saturated rings. The zero-order valence-corrected chi connectivity index (χ0v) is 33.7. The Morgan fingerprint density at radius 3 is 1.63 bits per heavy atom. The van der Waals surface area contributed by atoms with Crippen molar-refractivity contribution in [1.29, 1.82) is 0 Å². The number of aryl methyl sites for hydroxylation is 3. The van der Waals surface area contributed by atoms with Gasteiger partial charge in [-0.05, 0) is 35.1 Å². The van der Waals surface area contributed by atoms with Crippen molar-refractivity contribution in [2.24, 2.45) is 21.1 Å². The zero-order chi connectivity index (χ0) is 32.5. The number of thioether (sulfide) groups is 1. The van der Waals surface area contributed by atoms with Crippen LogP contribution in [0.3, 0.4) is 0 Å². The fourth-order valence-electron chi connectivity index (χ4n) is 1.70. The van der Waals surface area contributed by atoms with Gasteiger partial charge in [0.05, 0.1) is 0 Å². The molecule has 0 atom stereocenters. The molecule has 3 aromatic rings. The van der Waals surface area contributed by atoms with E-state index in [1.165, 1.54) is 37.0 Å². The van der Waals surface area contributed by atoms with Crippen LogP contribution in [0.4, 0.5) is 0 Å². The lowest BCUT2D eigenvalue weighted by molar-refractivity contribution is -0.121. The predicted molar refractivity (Wildman–Crippen MR) is 201 cm³/mol. The lowest BCUT2D eigenvalue weighted by atomic mass is 10.5. The minimum absolute atomic E-state index is 0.0417. The maximum absolute atomic E-state index is 10.7. The van der Waals surface area contributed by atoms with Gasteiger partial charge >= 0.3 is 0 Å².